The summed E-state index contributed by atoms with van der Waals surface area (Å²) >= 11 is 0. The maximum atomic E-state index is 13.2. The van der Waals surface area contributed by atoms with E-state index in [4.69, 9.17) is 4.74 Å². The number of methoxy groups -OCH3 is 1. The molecule has 0 aliphatic carbocycles. The molecule has 0 saturated carbocycles. The number of alkyl halides is 3. The van der Waals surface area contributed by atoms with E-state index < -0.39 is 33.6 Å². The van der Waals surface area contributed by atoms with Crippen molar-refractivity contribution in [2.24, 2.45) is 5.92 Å². The number of amides is 1. The Morgan fingerprint density at radius 3 is 2.55 bits per heavy atom. The molecule has 0 radical (unpaired) electrons. The van der Waals surface area contributed by atoms with Gasteiger partial charge in [0.05, 0.1) is 29.2 Å². The highest BCUT2D eigenvalue weighted by Crippen LogP contribution is 2.35. The van der Waals surface area contributed by atoms with Crippen LogP contribution < -0.4 is 10.1 Å². The molecule has 0 aromatic heterocycles. The van der Waals surface area contributed by atoms with Crippen LogP contribution >= 0.6 is 0 Å². The van der Waals surface area contributed by atoms with Crippen LogP contribution in [0, 0.1) is 12.8 Å². The fourth-order valence-corrected chi connectivity index (χ4v) is 5.22. The normalized spacial score (nSPS) is 17.9. The lowest BCUT2D eigenvalue weighted by molar-refractivity contribution is -0.137. The third-order valence-electron chi connectivity index (χ3n) is 5.25. The predicted molar refractivity (Wildman–Crippen MR) is 109 cm³/mol. The largest absolute Gasteiger partial charge is 0.496 e. The van der Waals surface area contributed by atoms with E-state index >= 15 is 0 Å². The number of piperidine rings is 1. The van der Waals surface area contributed by atoms with Gasteiger partial charge in [-0.1, -0.05) is 12.1 Å². The lowest BCUT2D eigenvalue weighted by Gasteiger charge is -2.31. The zero-order valence-corrected chi connectivity index (χ0v) is 17.9. The number of para-hydroxylation sites is 1. The van der Waals surface area contributed by atoms with E-state index in [1.54, 1.807) is 13.0 Å². The fraction of sp³-hybridized carbons (Fsp3) is 0.381. The van der Waals surface area contributed by atoms with Crippen molar-refractivity contribution < 1.29 is 31.1 Å². The molecule has 1 atom stereocenters. The summed E-state index contributed by atoms with van der Waals surface area (Å²) in [5, 5.41) is 2.33. The van der Waals surface area contributed by atoms with Gasteiger partial charge >= 0.3 is 6.18 Å². The van der Waals surface area contributed by atoms with Gasteiger partial charge in [-0.3, -0.25) is 4.79 Å². The number of nitrogens with one attached hydrogen (secondary N) is 1. The number of ether oxygens (including phenoxy) is 1. The summed E-state index contributed by atoms with van der Waals surface area (Å²) in [6.07, 6.45) is -3.81. The molecule has 0 spiro atoms. The van der Waals surface area contributed by atoms with E-state index in [0.717, 1.165) is 6.07 Å². The standard InChI is InChI=1S/C21H23F3N2O4S/c1-14-12-16(9-10-19(14)30-2)31(28,29)26-11-5-6-15(13-26)20(27)25-18-8-4-3-7-17(18)21(22,23)24/h3-4,7-10,12,15H,5-6,11,13H2,1-2H3,(H,25,27)/t15-/m0/s1. The van der Waals surface area contributed by atoms with E-state index in [0.29, 0.717) is 24.2 Å². The number of halogens is 3. The highest BCUT2D eigenvalue weighted by atomic mass is 32.2. The van der Waals surface area contributed by atoms with Gasteiger partial charge in [-0.2, -0.15) is 17.5 Å². The molecule has 3 rings (SSSR count). The van der Waals surface area contributed by atoms with Crippen LogP contribution in [0.1, 0.15) is 24.0 Å². The number of hydrogen-bond donors (Lipinski definition) is 1. The summed E-state index contributed by atoms with van der Waals surface area (Å²) in [6.45, 7) is 1.85. The van der Waals surface area contributed by atoms with Gasteiger partial charge < -0.3 is 10.1 Å². The molecule has 168 valence electrons. The van der Waals surface area contributed by atoms with E-state index in [2.05, 4.69) is 5.32 Å². The van der Waals surface area contributed by atoms with Gasteiger partial charge in [0.25, 0.3) is 0 Å². The highest BCUT2D eigenvalue weighted by Gasteiger charge is 2.36. The number of benzene rings is 2. The summed E-state index contributed by atoms with van der Waals surface area (Å²) < 4.78 is 72.0. The zero-order chi connectivity index (χ0) is 22.8. The first-order valence-electron chi connectivity index (χ1n) is 9.66. The lowest BCUT2D eigenvalue weighted by atomic mass is 9.98. The summed E-state index contributed by atoms with van der Waals surface area (Å²) in [6, 6.07) is 9.20. The second-order valence-electron chi connectivity index (χ2n) is 7.37. The zero-order valence-electron chi connectivity index (χ0n) is 17.1. The minimum atomic E-state index is -4.61. The molecule has 1 fully saturated rings. The molecule has 6 nitrogen and oxygen atoms in total. The molecule has 1 aliphatic rings. The number of hydrogen-bond acceptors (Lipinski definition) is 4. The second kappa shape index (κ2) is 8.88. The number of carbonyl (C=O) groups is 1. The molecule has 1 N–H and O–H groups in total. The predicted octanol–water partition coefficient (Wildman–Crippen LogP) is 4.06. The van der Waals surface area contributed by atoms with Gasteiger partial charge in [-0.15, -0.1) is 0 Å². The number of sulfonamides is 1. The van der Waals surface area contributed by atoms with Gasteiger partial charge in [0.2, 0.25) is 15.9 Å². The van der Waals surface area contributed by atoms with Crippen LogP contribution in [0.25, 0.3) is 0 Å². The minimum Gasteiger partial charge on any atom is -0.496 e. The molecule has 31 heavy (non-hydrogen) atoms. The van der Waals surface area contributed by atoms with Crippen molar-refractivity contribution in [3.63, 3.8) is 0 Å². The molecule has 10 heteroatoms. The topological polar surface area (TPSA) is 75.7 Å². The Morgan fingerprint density at radius 2 is 1.90 bits per heavy atom. The molecule has 1 heterocycles. The number of carbonyl (C=O) groups excluding carboxylic acids is 1. The van der Waals surface area contributed by atoms with Crippen LogP contribution in [0.15, 0.2) is 47.4 Å². The monoisotopic (exact) mass is 456 g/mol. The summed E-state index contributed by atoms with van der Waals surface area (Å²) in [4.78, 5) is 12.8. The Hall–Kier alpha value is -2.59. The number of aryl methyl sites for hydroxylation is 1. The SMILES string of the molecule is COc1ccc(S(=O)(=O)N2CCC[C@H](C(=O)Nc3ccccc3C(F)(F)F)C2)cc1C. The first kappa shape index (κ1) is 23.1. The smallest absolute Gasteiger partial charge is 0.418 e. The van der Waals surface area contributed by atoms with Crippen molar-refractivity contribution in [3.8, 4) is 5.75 Å². The average Bonchev–Trinajstić information content (AvgIpc) is 2.73. The van der Waals surface area contributed by atoms with Crippen molar-refractivity contribution in [3.05, 3.63) is 53.6 Å². The van der Waals surface area contributed by atoms with Gasteiger partial charge in [-0.25, -0.2) is 8.42 Å². The molecular formula is C21H23F3N2O4S. The van der Waals surface area contributed by atoms with Crippen LogP contribution in [-0.4, -0.2) is 38.8 Å². The van der Waals surface area contributed by atoms with Gasteiger partial charge in [0, 0.05) is 13.1 Å². The van der Waals surface area contributed by atoms with Gasteiger partial charge in [0.1, 0.15) is 5.75 Å². The van der Waals surface area contributed by atoms with Crippen LogP contribution in [0.3, 0.4) is 0 Å². The van der Waals surface area contributed by atoms with Gasteiger partial charge in [0.15, 0.2) is 0 Å². The third kappa shape index (κ3) is 5.01. The molecular weight excluding hydrogens is 433 g/mol. The van der Waals surface area contributed by atoms with E-state index in [-0.39, 0.29) is 23.7 Å². The van der Waals surface area contributed by atoms with Crippen molar-refractivity contribution in [2.75, 3.05) is 25.5 Å². The molecule has 2 aromatic carbocycles. The lowest BCUT2D eigenvalue weighted by Crippen LogP contribution is -2.43. The van der Waals surface area contributed by atoms with Crippen LogP contribution in [0.4, 0.5) is 18.9 Å². The van der Waals surface area contributed by atoms with Crippen molar-refractivity contribution in [1.82, 2.24) is 4.31 Å². The summed E-state index contributed by atoms with van der Waals surface area (Å²) in [5.74, 6) is -0.843. The maximum Gasteiger partial charge on any atom is 0.418 e. The Kier molecular flexibility index (Phi) is 6.61. The molecule has 1 saturated heterocycles. The van der Waals surface area contributed by atoms with Gasteiger partial charge in [-0.05, 0) is 55.7 Å². The number of rotatable bonds is 5. The summed E-state index contributed by atoms with van der Waals surface area (Å²) in [7, 11) is -2.38. The van der Waals surface area contributed by atoms with E-state index in [1.807, 2.05) is 0 Å². The van der Waals surface area contributed by atoms with E-state index in [1.165, 1.54) is 41.7 Å². The fourth-order valence-electron chi connectivity index (χ4n) is 3.61. The van der Waals surface area contributed by atoms with Crippen LogP contribution in [-0.2, 0) is 21.0 Å². The minimum absolute atomic E-state index is 0.0780. The molecule has 1 aliphatic heterocycles. The molecule has 1 amide bonds. The van der Waals surface area contributed by atoms with Crippen LogP contribution in [0.5, 0.6) is 5.75 Å². The van der Waals surface area contributed by atoms with Crippen molar-refractivity contribution in [1.29, 1.82) is 0 Å². The highest BCUT2D eigenvalue weighted by molar-refractivity contribution is 7.89. The number of nitrogens with zero attached hydrogens (tertiary/aromatic N) is 1. The Labute approximate surface area is 179 Å². The average molecular weight is 456 g/mol. The first-order valence-corrected chi connectivity index (χ1v) is 11.1. The van der Waals surface area contributed by atoms with Crippen molar-refractivity contribution in [2.45, 2.75) is 30.8 Å². The van der Waals surface area contributed by atoms with Crippen LogP contribution in [0.2, 0.25) is 0 Å². The Balaban J connectivity index is 1.78. The first-order chi connectivity index (χ1) is 14.5. The molecule has 2 aromatic rings. The number of anilines is 1. The maximum absolute atomic E-state index is 13.2. The Bertz CT molecular complexity index is 1070. The van der Waals surface area contributed by atoms with Crippen molar-refractivity contribution >= 4 is 21.6 Å². The van der Waals surface area contributed by atoms with E-state index in [9.17, 15) is 26.4 Å². The Morgan fingerprint density at radius 1 is 1.19 bits per heavy atom. The second-order valence-corrected chi connectivity index (χ2v) is 9.30. The third-order valence-corrected chi connectivity index (χ3v) is 7.11. The summed E-state index contributed by atoms with van der Waals surface area (Å²) in [5.41, 5.74) is -0.637. The quantitative estimate of drug-likeness (QED) is 0.736. The molecule has 0 unspecified atom stereocenters. The molecule has 0 bridgehead atoms.